The highest BCUT2D eigenvalue weighted by molar-refractivity contribution is 7.85. The van der Waals surface area contributed by atoms with E-state index in [1.807, 2.05) is 0 Å². The van der Waals surface area contributed by atoms with Gasteiger partial charge in [0.05, 0.1) is 19.6 Å². The number of hydrogen-bond acceptors (Lipinski definition) is 2. The Kier molecular flexibility index (Phi) is 11.4. The van der Waals surface area contributed by atoms with Gasteiger partial charge in [0, 0.05) is 0 Å². The van der Waals surface area contributed by atoms with Crippen molar-refractivity contribution in [3.05, 3.63) is 0 Å². The summed E-state index contributed by atoms with van der Waals surface area (Å²) in [6.07, 6.45) is 9.94. The number of nitrogens with zero attached hydrogens (tertiary/aromatic N) is 1. The minimum Gasteiger partial charge on any atom is -0.309 e. The van der Waals surface area contributed by atoms with Gasteiger partial charge in [-0.3, -0.25) is 4.55 Å². The summed E-state index contributed by atoms with van der Waals surface area (Å²) in [5, 5.41) is 0. The van der Waals surface area contributed by atoms with Gasteiger partial charge < -0.3 is 4.48 Å². The van der Waals surface area contributed by atoms with E-state index in [9.17, 15) is 13.0 Å². The molecule has 1 N–H and O–H groups in total. The summed E-state index contributed by atoms with van der Waals surface area (Å²) in [7, 11) is -3.92. The molecule has 128 valence electrons. The molecule has 0 radical (unpaired) electrons. The molecule has 0 aliphatic rings. The molecule has 0 amide bonds. The molecule has 0 heterocycles. The van der Waals surface area contributed by atoms with Gasteiger partial charge in [0.1, 0.15) is 0 Å². The van der Waals surface area contributed by atoms with Crippen molar-refractivity contribution >= 4 is 10.1 Å². The fraction of sp³-hybridized carbons (Fsp3) is 1.00. The fourth-order valence-electron chi connectivity index (χ4n) is 2.97. The van der Waals surface area contributed by atoms with Gasteiger partial charge in [-0.15, -0.1) is 0 Å². The zero-order chi connectivity index (χ0) is 16.2. The molecule has 0 aromatic heterocycles. The maximum Gasteiger partial charge on any atom is 0.316 e. The topological polar surface area (TPSA) is 54.4 Å². The van der Waals surface area contributed by atoms with Crippen LogP contribution in [0.4, 0.5) is 0 Å². The zero-order valence-electron chi connectivity index (χ0n) is 14.3. The lowest BCUT2D eigenvalue weighted by molar-refractivity contribution is -0.918. The van der Waals surface area contributed by atoms with Gasteiger partial charge in [0.25, 0.3) is 0 Å². The Morgan fingerprint density at radius 1 is 0.714 bits per heavy atom. The SMILES string of the molecule is CCCCC[N+](CCCCC)(CCCCC)CS(=O)(=O)O. The van der Waals surface area contributed by atoms with Gasteiger partial charge in [0.15, 0.2) is 0 Å². The normalized spacial score (nSPS) is 12.8. The van der Waals surface area contributed by atoms with Crippen LogP contribution in [0, 0.1) is 0 Å². The van der Waals surface area contributed by atoms with Crippen molar-refractivity contribution in [3.8, 4) is 0 Å². The molecule has 0 aromatic rings. The van der Waals surface area contributed by atoms with Crippen molar-refractivity contribution in [1.82, 2.24) is 0 Å². The van der Waals surface area contributed by atoms with Crippen molar-refractivity contribution in [2.45, 2.75) is 78.6 Å². The smallest absolute Gasteiger partial charge is 0.309 e. The molecule has 0 aliphatic heterocycles. The summed E-state index contributed by atoms with van der Waals surface area (Å²) < 4.78 is 32.9. The molecule has 21 heavy (non-hydrogen) atoms. The second-order valence-electron chi connectivity index (χ2n) is 6.34. The third kappa shape index (κ3) is 11.1. The Labute approximate surface area is 132 Å². The molecule has 0 saturated carbocycles. The molecule has 0 unspecified atom stereocenters. The van der Waals surface area contributed by atoms with E-state index in [0.29, 0.717) is 4.48 Å². The maximum absolute atomic E-state index is 11.5. The van der Waals surface area contributed by atoms with Crippen LogP contribution in [0.5, 0.6) is 0 Å². The van der Waals surface area contributed by atoms with E-state index < -0.39 is 10.1 Å². The van der Waals surface area contributed by atoms with Crippen LogP contribution in [0.1, 0.15) is 78.6 Å². The van der Waals surface area contributed by atoms with E-state index >= 15 is 0 Å². The quantitative estimate of drug-likeness (QED) is 0.296. The monoisotopic (exact) mass is 322 g/mol. The third-order valence-corrected chi connectivity index (χ3v) is 5.02. The average molecular weight is 323 g/mol. The minimum atomic E-state index is -3.92. The number of rotatable bonds is 14. The van der Waals surface area contributed by atoms with Crippen LogP contribution >= 0.6 is 0 Å². The summed E-state index contributed by atoms with van der Waals surface area (Å²) >= 11 is 0. The lowest BCUT2D eigenvalue weighted by Crippen LogP contribution is -2.53. The molecule has 4 nitrogen and oxygen atoms in total. The summed E-state index contributed by atoms with van der Waals surface area (Å²) in [5.41, 5.74) is 0. The van der Waals surface area contributed by atoms with Gasteiger partial charge in [-0.25, -0.2) is 0 Å². The van der Waals surface area contributed by atoms with E-state index in [-0.39, 0.29) is 5.88 Å². The van der Waals surface area contributed by atoms with Gasteiger partial charge in [-0.1, -0.05) is 40.0 Å². The fourth-order valence-corrected chi connectivity index (χ4v) is 4.05. The Bertz CT molecular complexity index is 315. The first kappa shape index (κ1) is 20.9. The summed E-state index contributed by atoms with van der Waals surface area (Å²) in [5.74, 6) is -0.107. The third-order valence-electron chi connectivity index (χ3n) is 4.15. The molecular formula is C16H36NO3S+. The van der Waals surface area contributed by atoms with E-state index in [4.69, 9.17) is 0 Å². The Hall–Kier alpha value is -0.130. The molecule has 0 fully saturated rings. The van der Waals surface area contributed by atoms with Gasteiger partial charge in [-0.2, -0.15) is 8.42 Å². The van der Waals surface area contributed by atoms with Gasteiger partial charge in [-0.05, 0) is 38.5 Å². The van der Waals surface area contributed by atoms with Crippen LogP contribution in [0.15, 0.2) is 0 Å². The largest absolute Gasteiger partial charge is 0.316 e. The summed E-state index contributed by atoms with van der Waals surface area (Å²) in [6, 6.07) is 0. The molecule has 0 spiro atoms. The first-order chi connectivity index (χ1) is 9.89. The molecule has 0 saturated heterocycles. The molecule has 0 aromatic carbocycles. The number of unbranched alkanes of at least 4 members (excludes halogenated alkanes) is 6. The van der Waals surface area contributed by atoms with Gasteiger partial charge in [0.2, 0.25) is 5.88 Å². The standard InChI is InChI=1S/C16H35NO3S/c1-4-7-10-13-17(14-11-8-5-2,15-12-9-6-3)16-21(18,19)20/h4-16H2,1-3H3/p+1. The zero-order valence-corrected chi connectivity index (χ0v) is 15.1. The maximum atomic E-state index is 11.5. The Balaban J connectivity index is 4.86. The van der Waals surface area contributed by atoms with Gasteiger partial charge >= 0.3 is 10.1 Å². The lowest BCUT2D eigenvalue weighted by Gasteiger charge is -2.38. The lowest BCUT2D eigenvalue weighted by atomic mass is 10.1. The van der Waals surface area contributed by atoms with Crippen molar-refractivity contribution in [2.24, 2.45) is 0 Å². The van der Waals surface area contributed by atoms with Crippen molar-refractivity contribution in [1.29, 1.82) is 0 Å². The second kappa shape index (κ2) is 11.4. The average Bonchev–Trinajstić information content (AvgIpc) is 2.38. The second-order valence-corrected chi connectivity index (χ2v) is 7.77. The molecule has 0 aliphatic carbocycles. The van der Waals surface area contributed by atoms with Crippen molar-refractivity contribution in [3.63, 3.8) is 0 Å². The highest BCUT2D eigenvalue weighted by Gasteiger charge is 2.31. The predicted molar refractivity (Wildman–Crippen MR) is 89.9 cm³/mol. The van der Waals surface area contributed by atoms with Crippen molar-refractivity contribution < 1.29 is 17.5 Å². The molecular weight excluding hydrogens is 286 g/mol. The van der Waals surface area contributed by atoms with E-state index in [1.165, 1.54) is 0 Å². The first-order valence-electron chi connectivity index (χ1n) is 8.69. The van der Waals surface area contributed by atoms with Crippen LogP contribution in [0.3, 0.4) is 0 Å². The van der Waals surface area contributed by atoms with E-state index in [1.54, 1.807) is 0 Å². The molecule has 0 atom stereocenters. The van der Waals surface area contributed by atoms with E-state index in [0.717, 1.165) is 77.4 Å². The van der Waals surface area contributed by atoms with E-state index in [2.05, 4.69) is 20.8 Å². The van der Waals surface area contributed by atoms with Crippen molar-refractivity contribution in [2.75, 3.05) is 25.5 Å². The first-order valence-corrected chi connectivity index (χ1v) is 10.3. The predicted octanol–water partition coefficient (Wildman–Crippen LogP) is 4.22. The number of quaternary nitrogens is 1. The summed E-state index contributed by atoms with van der Waals surface area (Å²) in [4.78, 5) is 0. The van der Waals surface area contributed by atoms with Crippen LogP contribution in [0.2, 0.25) is 0 Å². The van der Waals surface area contributed by atoms with Crippen LogP contribution in [-0.4, -0.2) is 43.0 Å². The number of hydrogen-bond donors (Lipinski definition) is 1. The highest BCUT2D eigenvalue weighted by atomic mass is 32.2. The summed E-state index contributed by atoms with van der Waals surface area (Å²) in [6.45, 7) is 9.10. The highest BCUT2D eigenvalue weighted by Crippen LogP contribution is 2.18. The molecule has 5 heteroatoms. The van der Waals surface area contributed by atoms with Crippen LogP contribution in [-0.2, 0) is 10.1 Å². The minimum absolute atomic E-state index is 0.107. The van der Waals surface area contributed by atoms with Crippen LogP contribution in [0.25, 0.3) is 0 Å². The Morgan fingerprint density at radius 2 is 1.05 bits per heavy atom. The van der Waals surface area contributed by atoms with Crippen LogP contribution < -0.4 is 0 Å². The molecule has 0 rings (SSSR count). The Morgan fingerprint density at radius 3 is 1.29 bits per heavy atom. The molecule has 0 bridgehead atoms.